The van der Waals surface area contributed by atoms with Crippen molar-refractivity contribution in [2.24, 2.45) is 0 Å². The smallest absolute Gasteiger partial charge is 0.151 e. The first-order valence-corrected chi connectivity index (χ1v) is 8.12. The van der Waals surface area contributed by atoms with E-state index in [0.717, 1.165) is 48.9 Å². The monoisotopic (exact) mass is 312 g/mol. The van der Waals surface area contributed by atoms with E-state index in [-0.39, 0.29) is 0 Å². The van der Waals surface area contributed by atoms with Crippen molar-refractivity contribution in [3.63, 3.8) is 0 Å². The van der Waals surface area contributed by atoms with Gasteiger partial charge >= 0.3 is 0 Å². The van der Waals surface area contributed by atoms with E-state index < -0.39 is 0 Å². The summed E-state index contributed by atoms with van der Waals surface area (Å²) in [7, 11) is 1.70. The third-order valence-corrected chi connectivity index (χ3v) is 4.48. The largest absolute Gasteiger partial charge is 0.497 e. The van der Waals surface area contributed by atoms with E-state index in [1.165, 1.54) is 5.56 Å². The summed E-state index contributed by atoms with van der Waals surface area (Å²) >= 11 is 0. The van der Waals surface area contributed by atoms with Crippen molar-refractivity contribution in [1.29, 1.82) is 0 Å². The molecule has 1 aromatic carbocycles. The van der Waals surface area contributed by atoms with Crippen LogP contribution in [0.5, 0.6) is 5.75 Å². The Bertz CT molecular complexity index is 666. The molecule has 1 aromatic heterocycles. The Morgan fingerprint density at radius 2 is 1.91 bits per heavy atom. The molecule has 1 saturated heterocycles. The van der Waals surface area contributed by atoms with E-state index in [2.05, 4.69) is 39.5 Å². The predicted octanol–water partition coefficient (Wildman–Crippen LogP) is 3.18. The molecule has 0 spiro atoms. The molecular weight excluding hydrogens is 288 g/mol. The molecular formula is C18H24N4O. The second-order valence-corrected chi connectivity index (χ2v) is 6.11. The zero-order chi connectivity index (χ0) is 16.2. The number of aromatic nitrogens is 2. The third kappa shape index (κ3) is 3.73. The molecule has 1 aliphatic heterocycles. The lowest BCUT2D eigenvalue weighted by Crippen LogP contribution is -2.39. The fraction of sp³-hybridized carbons (Fsp3) is 0.444. The first kappa shape index (κ1) is 15.6. The molecule has 0 bridgehead atoms. The van der Waals surface area contributed by atoms with Gasteiger partial charge in [0.25, 0.3) is 0 Å². The average Bonchev–Trinajstić information content (AvgIpc) is 2.58. The highest BCUT2D eigenvalue weighted by atomic mass is 16.5. The Hall–Kier alpha value is -2.30. The van der Waals surface area contributed by atoms with Gasteiger partial charge < -0.3 is 15.0 Å². The van der Waals surface area contributed by atoms with Crippen LogP contribution >= 0.6 is 0 Å². The summed E-state index contributed by atoms with van der Waals surface area (Å²) < 4.78 is 5.28. The molecule has 0 saturated carbocycles. The summed E-state index contributed by atoms with van der Waals surface area (Å²) in [4.78, 5) is 2.32. The van der Waals surface area contributed by atoms with E-state index >= 15 is 0 Å². The number of benzene rings is 1. The number of ether oxygens (including phenoxy) is 1. The summed E-state index contributed by atoms with van der Waals surface area (Å²) in [5.41, 5.74) is 3.32. The van der Waals surface area contributed by atoms with Crippen molar-refractivity contribution in [1.82, 2.24) is 10.2 Å². The number of rotatable bonds is 4. The minimum atomic E-state index is 0.484. The number of hydrogen-bond donors (Lipinski definition) is 1. The number of nitrogens with one attached hydrogen (secondary N) is 1. The fourth-order valence-electron chi connectivity index (χ4n) is 2.89. The van der Waals surface area contributed by atoms with Gasteiger partial charge in [-0.15, -0.1) is 5.10 Å². The van der Waals surface area contributed by atoms with Crippen LogP contribution in [-0.4, -0.2) is 36.4 Å². The van der Waals surface area contributed by atoms with E-state index in [0.29, 0.717) is 6.04 Å². The molecule has 1 fully saturated rings. The molecule has 1 N–H and O–H groups in total. The number of hydrogen-bond acceptors (Lipinski definition) is 5. The lowest BCUT2D eigenvalue weighted by atomic mass is 10.0. The Labute approximate surface area is 137 Å². The highest BCUT2D eigenvalue weighted by molar-refractivity contribution is 5.49. The topological polar surface area (TPSA) is 50.3 Å². The molecule has 23 heavy (non-hydrogen) atoms. The van der Waals surface area contributed by atoms with Gasteiger partial charge in [0.1, 0.15) is 5.75 Å². The molecule has 3 rings (SSSR count). The minimum absolute atomic E-state index is 0.484. The lowest BCUT2D eigenvalue weighted by molar-refractivity contribution is 0.415. The maximum atomic E-state index is 5.28. The molecule has 0 atom stereocenters. The molecule has 0 radical (unpaired) electrons. The zero-order valence-electron chi connectivity index (χ0n) is 14.0. The van der Waals surface area contributed by atoms with Gasteiger partial charge in [0.05, 0.1) is 12.8 Å². The standard InChI is InChI=1S/C18H24N4O/c1-13-11-18(21-20-14(13)2)22-9-7-15(8-10-22)19-16-5-4-6-17(12-16)23-3/h4-6,11-12,15,19H,7-10H2,1-3H3. The molecule has 5 nitrogen and oxygen atoms in total. The van der Waals surface area contributed by atoms with Gasteiger partial charge in [0.2, 0.25) is 0 Å². The Balaban J connectivity index is 1.58. The van der Waals surface area contributed by atoms with Crippen molar-refractivity contribution >= 4 is 11.5 Å². The van der Waals surface area contributed by atoms with Crippen molar-refractivity contribution < 1.29 is 4.74 Å². The highest BCUT2D eigenvalue weighted by Crippen LogP contribution is 2.23. The van der Waals surface area contributed by atoms with Crippen LogP contribution in [0.15, 0.2) is 30.3 Å². The van der Waals surface area contributed by atoms with Crippen molar-refractivity contribution in [2.75, 3.05) is 30.4 Å². The number of methoxy groups -OCH3 is 1. The quantitative estimate of drug-likeness (QED) is 0.939. The summed E-state index contributed by atoms with van der Waals surface area (Å²) in [6.07, 6.45) is 2.18. The first-order valence-electron chi connectivity index (χ1n) is 8.12. The zero-order valence-corrected chi connectivity index (χ0v) is 14.0. The fourth-order valence-corrected chi connectivity index (χ4v) is 2.89. The molecule has 2 aromatic rings. The second kappa shape index (κ2) is 6.86. The normalized spacial score (nSPS) is 15.5. The van der Waals surface area contributed by atoms with Gasteiger partial charge in [0.15, 0.2) is 5.82 Å². The van der Waals surface area contributed by atoms with Gasteiger partial charge in [-0.1, -0.05) is 6.07 Å². The van der Waals surface area contributed by atoms with Crippen LogP contribution < -0.4 is 15.0 Å². The van der Waals surface area contributed by atoms with Crippen LogP contribution in [0.2, 0.25) is 0 Å². The Kier molecular flexibility index (Phi) is 4.65. The number of nitrogens with zero attached hydrogens (tertiary/aromatic N) is 3. The van der Waals surface area contributed by atoms with Crippen molar-refractivity contribution in [3.05, 3.63) is 41.6 Å². The highest BCUT2D eigenvalue weighted by Gasteiger charge is 2.20. The van der Waals surface area contributed by atoms with Crippen LogP contribution in [0.25, 0.3) is 0 Å². The molecule has 1 aliphatic rings. The van der Waals surface area contributed by atoms with E-state index in [9.17, 15) is 0 Å². The minimum Gasteiger partial charge on any atom is -0.497 e. The van der Waals surface area contributed by atoms with Crippen molar-refractivity contribution in [2.45, 2.75) is 32.7 Å². The van der Waals surface area contributed by atoms with Gasteiger partial charge in [-0.25, -0.2) is 0 Å². The van der Waals surface area contributed by atoms with Gasteiger partial charge in [-0.3, -0.25) is 0 Å². The SMILES string of the molecule is COc1cccc(NC2CCN(c3cc(C)c(C)nn3)CC2)c1. The lowest BCUT2D eigenvalue weighted by Gasteiger charge is -2.33. The summed E-state index contributed by atoms with van der Waals surface area (Å²) in [6.45, 7) is 6.08. The van der Waals surface area contributed by atoms with Crippen LogP contribution in [0.4, 0.5) is 11.5 Å². The van der Waals surface area contributed by atoms with Crippen LogP contribution in [0, 0.1) is 13.8 Å². The van der Waals surface area contributed by atoms with Crippen LogP contribution in [0.1, 0.15) is 24.1 Å². The van der Waals surface area contributed by atoms with E-state index in [1.807, 2.05) is 25.1 Å². The summed E-state index contributed by atoms with van der Waals surface area (Å²) in [5.74, 6) is 1.88. The Morgan fingerprint density at radius 1 is 1.13 bits per heavy atom. The van der Waals surface area contributed by atoms with E-state index in [4.69, 9.17) is 4.74 Å². The maximum Gasteiger partial charge on any atom is 0.151 e. The van der Waals surface area contributed by atoms with Gasteiger partial charge in [-0.05, 0) is 50.5 Å². The molecule has 0 unspecified atom stereocenters. The first-order chi connectivity index (χ1) is 11.2. The van der Waals surface area contributed by atoms with Gasteiger partial charge in [-0.2, -0.15) is 5.10 Å². The second-order valence-electron chi connectivity index (χ2n) is 6.11. The summed E-state index contributed by atoms with van der Waals surface area (Å²) in [5, 5.41) is 12.2. The Morgan fingerprint density at radius 3 is 2.61 bits per heavy atom. The molecule has 5 heteroatoms. The molecule has 122 valence electrons. The summed E-state index contributed by atoms with van der Waals surface area (Å²) in [6, 6.07) is 10.7. The van der Waals surface area contributed by atoms with Gasteiger partial charge in [0, 0.05) is 30.9 Å². The number of anilines is 2. The molecule has 0 amide bonds. The third-order valence-electron chi connectivity index (χ3n) is 4.48. The van der Waals surface area contributed by atoms with Crippen molar-refractivity contribution in [3.8, 4) is 5.75 Å². The predicted molar refractivity (Wildman–Crippen MR) is 93.4 cm³/mol. The number of aryl methyl sites for hydroxylation is 2. The number of piperidine rings is 1. The molecule has 0 aliphatic carbocycles. The average molecular weight is 312 g/mol. The molecule has 2 heterocycles. The maximum absolute atomic E-state index is 5.28. The van der Waals surface area contributed by atoms with Crippen LogP contribution in [0.3, 0.4) is 0 Å². The van der Waals surface area contributed by atoms with Crippen LogP contribution in [-0.2, 0) is 0 Å². The van der Waals surface area contributed by atoms with E-state index in [1.54, 1.807) is 7.11 Å².